The average Bonchev–Trinajstić information content (AvgIpc) is 2.96. The number of aliphatic imine (C=N–C) groups is 1. The Morgan fingerprint density at radius 3 is 2.54 bits per heavy atom. The topological polar surface area (TPSA) is 79.9 Å². The van der Waals surface area contributed by atoms with E-state index in [-0.39, 0.29) is 5.69 Å². The predicted octanol–water partition coefficient (Wildman–Crippen LogP) is 3.76. The van der Waals surface area contributed by atoms with Gasteiger partial charge < -0.3 is 0 Å². The number of non-ortho nitro benzene ring substituents is 1. The molecular weight excluding hydrogens is 304 g/mol. The number of hydrazone groups is 1. The Morgan fingerprint density at radius 2 is 1.79 bits per heavy atom. The molecule has 116 valence electrons. The van der Waals surface area contributed by atoms with Crippen molar-refractivity contribution in [2.24, 2.45) is 10.1 Å². The van der Waals surface area contributed by atoms with Crippen LogP contribution in [-0.2, 0) is 0 Å². The van der Waals surface area contributed by atoms with Gasteiger partial charge in [-0.25, -0.2) is 4.99 Å². The maximum absolute atomic E-state index is 10.6. The first-order valence-corrected chi connectivity index (χ1v) is 7.37. The number of nitrogens with one attached hydrogen (secondary N) is 1. The third-order valence-corrected chi connectivity index (χ3v) is 3.86. The Labute approximate surface area is 137 Å². The van der Waals surface area contributed by atoms with Gasteiger partial charge in [0.05, 0.1) is 16.8 Å². The van der Waals surface area contributed by atoms with Crippen LogP contribution in [0, 0.1) is 10.1 Å². The lowest BCUT2D eigenvalue weighted by atomic mass is 10.0. The molecule has 0 spiro atoms. The smallest absolute Gasteiger partial charge is 0.261 e. The Kier molecular flexibility index (Phi) is 3.28. The lowest BCUT2D eigenvalue weighted by Crippen LogP contribution is -2.17. The van der Waals surface area contributed by atoms with Gasteiger partial charge in [0.25, 0.3) is 5.69 Å². The third kappa shape index (κ3) is 2.40. The van der Waals surface area contributed by atoms with Crippen molar-refractivity contribution in [2.75, 3.05) is 0 Å². The summed E-state index contributed by atoms with van der Waals surface area (Å²) in [4.78, 5) is 14.8. The van der Waals surface area contributed by atoms with Crippen LogP contribution in [-0.4, -0.2) is 17.0 Å². The fourth-order valence-corrected chi connectivity index (χ4v) is 2.73. The van der Waals surface area contributed by atoms with E-state index in [0.717, 1.165) is 27.6 Å². The minimum absolute atomic E-state index is 0.0578. The highest BCUT2D eigenvalue weighted by molar-refractivity contribution is 6.18. The molecule has 0 fully saturated rings. The van der Waals surface area contributed by atoms with Crippen LogP contribution in [0.3, 0.4) is 0 Å². The second-order valence-electron chi connectivity index (χ2n) is 5.36. The number of nitrogens with zero attached hydrogens (tertiary/aromatic N) is 3. The first kappa shape index (κ1) is 14.1. The van der Waals surface area contributed by atoms with Crippen molar-refractivity contribution in [3.63, 3.8) is 0 Å². The molecule has 0 aliphatic carbocycles. The summed E-state index contributed by atoms with van der Waals surface area (Å²) in [7, 11) is 0. The molecule has 1 N–H and O–H groups in total. The summed E-state index contributed by atoms with van der Waals surface area (Å²) in [6.07, 6.45) is 1.61. The van der Waals surface area contributed by atoms with E-state index in [0.29, 0.717) is 5.84 Å². The molecule has 1 aliphatic heterocycles. The highest BCUT2D eigenvalue weighted by atomic mass is 16.6. The standard InChI is InChI=1S/C18H12N4O2/c23-22(24)14-9-7-12(8-10-14)11-19-21-18-15-5-1-3-13-4-2-6-16(20-18)17(13)15/h1-11H,(H,20,21). The average molecular weight is 316 g/mol. The summed E-state index contributed by atoms with van der Waals surface area (Å²) in [6.45, 7) is 0. The summed E-state index contributed by atoms with van der Waals surface area (Å²) < 4.78 is 0. The van der Waals surface area contributed by atoms with Gasteiger partial charge in [-0.2, -0.15) is 5.10 Å². The summed E-state index contributed by atoms with van der Waals surface area (Å²) in [5, 5.41) is 17.1. The van der Waals surface area contributed by atoms with E-state index >= 15 is 0 Å². The van der Waals surface area contributed by atoms with Crippen LogP contribution in [0.5, 0.6) is 0 Å². The van der Waals surface area contributed by atoms with Gasteiger partial charge in [-0.3, -0.25) is 15.5 Å². The molecule has 0 saturated carbocycles. The van der Waals surface area contributed by atoms with Crippen LogP contribution in [0.15, 0.2) is 70.8 Å². The molecule has 0 amide bonds. The van der Waals surface area contributed by atoms with Crippen LogP contribution in [0.4, 0.5) is 11.4 Å². The van der Waals surface area contributed by atoms with Gasteiger partial charge in [-0.1, -0.05) is 30.3 Å². The zero-order valence-corrected chi connectivity index (χ0v) is 12.5. The Morgan fingerprint density at radius 1 is 1.04 bits per heavy atom. The van der Waals surface area contributed by atoms with Gasteiger partial charge in [-0.15, -0.1) is 0 Å². The van der Waals surface area contributed by atoms with Crippen LogP contribution < -0.4 is 5.43 Å². The molecule has 1 aliphatic rings. The van der Waals surface area contributed by atoms with Crippen LogP contribution >= 0.6 is 0 Å². The Bertz CT molecular complexity index is 1000. The van der Waals surface area contributed by atoms with Crippen LogP contribution in [0.2, 0.25) is 0 Å². The molecular formula is C18H12N4O2. The molecule has 0 bridgehead atoms. The van der Waals surface area contributed by atoms with E-state index in [1.165, 1.54) is 12.1 Å². The summed E-state index contributed by atoms with van der Waals surface area (Å²) in [5.74, 6) is 0.694. The lowest BCUT2D eigenvalue weighted by molar-refractivity contribution is -0.384. The molecule has 0 unspecified atom stereocenters. The molecule has 1 heterocycles. The van der Waals surface area contributed by atoms with Crippen LogP contribution in [0.25, 0.3) is 10.8 Å². The van der Waals surface area contributed by atoms with Crippen molar-refractivity contribution in [1.29, 1.82) is 0 Å². The molecule has 0 radical (unpaired) electrons. The van der Waals surface area contributed by atoms with Crippen molar-refractivity contribution in [2.45, 2.75) is 0 Å². The lowest BCUT2D eigenvalue weighted by Gasteiger charge is -2.02. The van der Waals surface area contributed by atoms with E-state index in [4.69, 9.17) is 0 Å². The monoisotopic (exact) mass is 316 g/mol. The number of nitro benzene ring substituents is 1. The van der Waals surface area contributed by atoms with Crippen molar-refractivity contribution < 1.29 is 4.92 Å². The van der Waals surface area contributed by atoms with E-state index in [1.54, 1.807) is 18.3 Å². The number of hydrogen-bond donors (Lipinski definition) is 1. The predicted molar refractivity (Wildman–Crippen MR) is 94.0 cm³/mol. The molecule has 24 heavy (non-hydrogen) atoms. The van der Waals surface area contributed by atoms with E-state index in [9.17, 15) is 10.1 Å². The molecule has 0 saturated heterocycles. The van der Waals surface area contributed by atoms with E-state index in [1.807, 2.05) is 24.3 Å². The van der Waals surface area contributed by atoms with Crippen LogP contribution in [0.1, 0.15) is 11.1 Å². The molecule has 3 aromatic carbocycles. The first-order chi connectivity index (χ1) is 11.7. The van der Waals surface area contributed by atoms with Gasteiger partial charge in [0.15, 0.2) is 5.84 Å². The second-order valence-corrected chi connectivity index (χ2v) is 5.36. The molecule has 6 heteroatoms. The fraction of sp³-hybridized carbons (Fsp3) is 0. The summed E-state index contributed by atoms with van der Waals surface area (Å²) >= 11 is 0. The Hall–Kier alpha value is -3.54. The number of amidine groups is 1. The minimum atomic E-state index is -0.426. The minimum Gasteiger partial charge on any atom is -0.261 e. The highest BCUT2D eigenvalue weighted by Crippen LogP contribution is 2.34. The number of rotatable bonds is 3. The van der Waals surface area contributed by atoms with Crippen molar-refractivity contribution in [3.05, 3.63) is 81.9 Å². The van der Waals surface area contributed by atoms with Gasteiger partial charge in [-0.05, 0) is 29.1 Å². The molecule has 0 aromatic heterocycles. The summed E-state index contributed by atoms with van der Waals surface area (Å²) in [6, 6.07) is 18.3. The maximum Gasteiger partial charge on any atom is 0.269 e. The molecule has 6 nitrogen and oxygen atoms in total. The number of benzene rings is 3. The zero-order chi connectivity index (χ0) is 16.5. The van der Waals surface area contributed by atoms with Crippen molar-refractivity contribution >= 4 is 34.2 Å². The third-order valence-electron chi connectivity index (χ3n) is 3.86. The van der Waals surface area contributed by atoms with Crippen molar-refractivity contribution in [3.8, 4) is 0 Å². The van der Waals surface area contributed by atoms with Gasteiger partial charge in [0.2, 0.25) is 0 Å². The zero-order valence-electron chi connectivity index (χ0n) is 12.5. The van der Waals surface area contributed by atoms with E-state index < -0.39 is 4.92 Å². The quantitative estimate of drug-likeness (QED) is 0.454. The molecule has 0 atom stereocenters. The van der Waals surface area contributed by atoms with Gasteiger partial charge >= 0.3 is 0 Å². The first-order valence-electron chi connectivity index (χ1n) is 7.37. The fourth-order valence-electron chi connectivity index (χ4n) is 2.73. The number of hydrogen-bond acceptors (Lipinski definition) is 5. The summed E-state index contributed by atoms with van der Waals surface area (Å²) in [5.41, 5.74) is 5.73. The van der Waals surface area contributed by atoms with E-state index in [2.05, 4.69) is 27.7 Å². The molecule has 4 rings (SSSR count). The largest absolute Gasteiger partial charge is 0.269 e. The molecule has 3 aromatic rings. The van der Waals surface area contributed by atoms with Crippen molar-refractivity contribution in [1.82, 2.24) is 5.43 Å². The highest BCUT2D eigenvalue weighted by Gasteiger charge is 2.17. The number of nitro groups is 1. The van der Waals surface area contributed by atoms with Gasteiger partial charge in [0.1, 0.15) is 0 Å². The maximum atomic E-state index is 10.6. The normalized spacial score (nSPS) is 12.6. The van der Waals surface area contributed by atoms with Gasteiger partial charge in [0, 0.05) is 23.1 Å². The SMILES string of the molecule is O=[N+]([O-])c1ccc(C=NNC2=Nc3cccc4cccc2c34)cc1. The Balaban J connectivity index is 1.55. The second kappa shape index (κ2) is 5.58.